The summed E-state index contributed by atoms with van der Waals surface area (Å²) in [6, 6.07) is 7.37. The standard InChI is InChI=1S/C23H25F3O2/c1-2-28-14-18-10-12-20(23(26)22(18)25)16-6-3-15(4-7-16)5-8-17-9-11-19(27)13-21(17)24/h5,8-13,15-16,27H,2-4,6-7,14H2,1H3/b8-5+. The Morgan fingerprint density at radius 2 is 1.79 bits per heavy atom. The molecule has 1 aliphatic rings. The first-order valence-electron chi connectivity index (χ1n) is 9.70. The van der Waals surface area contributed by atoms with E-state index in [9.17, 15) is 18.3 Å². The average molecular weight is 390 g/mol. The molecule has 2 aromatic carbocycles. The predicted octanol–water partition coefficient (Wildman–Crippen LogP) is 6.33. The molecule has 0 unspecified atom stereocenters. The van der Waals surface area contributed by atoms with Gasteiger partial charge in [-0.15, -0.1) is 0 Å². The number of halogens is 3. The minimum Gasteiger partial charge on any atom is -0.508 e. The Kier molecular flexibility index (Phi) is 6.79. The number of hydrogen-bond acceptors (Lipinski definition) is 2. The summed E-state index contributed by atoms with van der Waals surface area (Å²) in [5.41, 5.74) is 1.11. The predicted molar refractivity (Wildman–Crippen MR) is 103 cm³/mol. The first-order chi connectivity index (χ1) is 13.5. The molecule has 0 spiro atoms. The normalized spacial score (nSPS) is 20.0. The smallest absolute Gasteiger partial charge is 0.164 e. The SMILES string of the molecule is CCOCc1ccc(C2CCC(/C=C/c3ccc(O)cc3F)CC2)c(F)c1F. The molecule has 1 saturated carbocycles. The maximum absolute atomic E-state index is 14.5. The highest BCUT2D eigenvalue weighted by Gasteiger charge is 2.25. The molecule has 0 aliphatic heterocycles. The molecule has 0 radical (unpaired) electrons. The Hall–Kier alpha value is -2.27. The number of ether oxygens (including phenoxy) is 1. The van der Waals surface area contributed by atoms with Crippen LogP contribution in [0, 0.1) is 23.4 Å². The molecule has 5 heteroatoms. The van der Waals surface area contributed by atoms with Crippen LogP contribution in [0.2, 0.25) is 0 Å². The zero-order valence-corrected chi connectivity index (χ0v) is 15.9. The summed E-state index contributed by atoms with van der Waals surface area (Å²) in [5, 5.41) is 9.27. The van der Waals surface area contributed by atoms with Gasteiger partial charge in [-0.25, -0.2) is 13.2 Å². The molecular formula is C23H25F3O2. The lowest BCUT2D eigenvalue weighted by Gasteiger charge is -2.27. The minimum atomic E-state index is -0.809. The van der Waals surface area contributed by atoms with Crippen LogP contribution >= 0.6 is 0 Å². The van der Waals surface area contributed by atoms with E-state index >= 15 is 0 Å². The summed E-state index contributed by atoms with van der Waals surface area (Å²) in [7, 11) is 0. The quantitative estimate of drug-likeness (QED) is 0.624. The molecular weight excluding hydrogens is 365 g/mol. The van der Waals surface area contributed by atoms with Gasteiger partial charge in [0.1, 0.15) is 11.6 Å². The zero-order chi connectivity index (χ0) is 20.1. The van der Waals surface area contributed by atoms with Crippen molar-refractivity contribution in [2.75, 3.05) is 6.61 Å². The van der Waals surface area contributed by atoms with Crippen molar-refractivity contribution in [3.8, 4) is 5.75 Å². The number of hydrogen-bond donors (Lipinski definition) is 1. The highest BCUT2D eigenvalue weighted by atomic mass is 19.2. The summed E-state index contributed by atoms with van der Waals surface area (Å²) < 4.78 is 47.7. The second-order valence-electron chi connectivity index (χ2n) is 7.26. The molecule has 2 aromatic rings. The van der Waals surface area contributed by atoms with Crippen LogP contribution < -0.4 is 0 Å². The fraction of sp³-hybridized carbons (Fsp3) is 0.391. The highest BCUT2D eigenvalue weighted by Crippen LogP contribution is 2.38. The summed E-state index contributed by atoms with van der Waals surface area (Å²) in [4.78, 5) is 0. The van der Waals surface area contributed by atoms with E-state index in [1.165, 1.54) is 12.1 Å². The Labute approximate surface area is 163 Å². The molecule has 0 amide bonds. The molecule has 3 rings (SSSR count). The van der Waals surface area contributed by atoms with Crippen molar-refractivity contribution < 1.29 is 23.0 Å². The monoisotopic (exact) mass is 390 g/mol. The molecule has 2 nitrogen and oxygen atoms in total. The molecule has 1 aliphatic carbocycles. The largest absolute Gasteiger partial charge is 0.508 e. The van der Waals surface area contributed by atoms with Gasteiger partial charge in [-0.2, -0.15) is 0 Å². The summed E-state index contributed by atoms with van der Waals surface area (Å²) in [5.74, 6) is -1.87. The number of benzene rings is 2. The Bertz CT molecular complexity index is 840. The first-order valence-corrected chi connectivity index (χ1v) is 9.70. The lowest BCUT2D eigenvalue weighted by Crippen LogP contribution is -2.14. The van der Waals surface area contributed by atoms with Gasteiger partial charge in [0.05, 0.1) is 6.61 Å². The van der Waals surface area contributed by atoms with Crippen molar-refractivity contribution in [1.29, 1.82) is 0 Å². The zero-order valence-electron chi connectivity index (χ0n) is 15.9. The topological polar surface area (TPSA) is 29.5 Å². The number of phenolic OH excluding ortho intramolecular Hbond substituents is 1. The summed E-state index contributed by atoms with van der Waals surface area (Å²) >= 11 is 0. The molecule has 0 atom stereocenters. The van der Waals surface area contributed by atoms with Gasteiger partial charge in [0, 0.05) is 23.8 Å². The van der Waals surface area contributed by atoms with E-state index in [0.717, 1.165) is 31.7 Å². The van der Waals surface area contributed by atoms with Gasteiger partial charge in [0.15, 0.2) is 11.6 Å². The molecule has 1 N–H and O–H groups in total. The Morgan fingerprint density at radius 3 is 2.46 bits per heavy atom. The minimum absolute atomic E-state index is 0.00861. The van der Waals surface area contributed by atoms with Gasteiger partial charge in [-0.1, -0.05) is 24.3 Å². The third-order valence-electron chi connectivity index (χ3n) is 5.40. The maximum Gasteiger partial charge on any atom is 0.164 e. The Balaban J connectivity index is 1.62. The van der Waals surface area contributed by atoms with Crippen LogP contribution in [0.3, 0.4) is 0 Å². The fourth-order valence-corrected chi connectivity index (χ4v) is 3.76. The van der Waals surface area contributed by atoms with Crippen molar-refractivity contribution in [2.45, 2.75) is 45.1 Å². The van der Waals surface area contributed by atoms with Crippen molar-refractivity contribution in [2.24, 2.45) is 5.92 Å². The molecule has 1 fully saturated rings. The van der Waals surface area contributed by atoms with E-state index in [1.807, 2.05) is 13.0 Å². The van der Waals surface area contributed by atoms with Crippen molar-refractivity contribution in [1.82, 2.24) is 0 Å². The molecule has 150 valence electrons. The van der Waals surface area contributed by atoms with Crippen LogP contribution in [0.4, 0.5) is 13.2 Å². The molecule has 28 heavy (non-hydrogen) atoms. The van der Waals surface area contributed by atoms with Crippen molar-refractivity contribution in [3.05, 3.63) is 70.5 Å². The molecule has 0 aromatic heterocycles. The lowest BCUT2D eigenvalue weighted by atomic mass is 9.78. The second-order valence-corrected chi connectivity index (χ2v) is 7.26. The van der Waals surface area contributed by atoms with Crippen molar-refractivity contribution in [3.63, 3.8) is 0 Å². The van der Waals surface area contributed by atoms with E-state index in [2.05, 4.69) is 0 Å². The van der Waals surface area contributed by atoms with Crippen LogP contribution in [-0.2, 0) is 11.3 Å². The van der Waals surface area contributed by atoms with Gasteiger partial charge in [-0.3, -0.25) is 0 Å². The van der Waals surface area contributed by atoms with Crippen LogP contribution in [0.5, 0.6) is 5.75 Å². The van der Waals surface area contributed by atoms with E-state index in [0.29, 0.717) is 17.7 Å². The lowest BCUT2D eigenvalue weighted by molar-refractivity contribution is 0.131. The van der Waals surface area contributed by atoms with Gasteiger partial charge in [0.25, 0.3) is 0 Å². The van der Waals surface area contributed by atoms with Gasteiger partial charge in [0.2, 0.25) is 0 Å². The van der Waals surface area contributed by atoms with Crippen molar-refractivity contribution >= 4 is 6.08 Å². The highest BCUT2D eigenvalue weighted by molar-refractivity contribution is 5.51. The summed E-state index contributed by atoms with van der Waals surface area (Å²) in [6.45, 7) is 2.34. The number of phenols is 1. The van der Waals surface area contributed by atoms with Crippen LogP contribution in [0.25, 0.3) is 6.08 Å². The van der Waals surface area contributed by atoms with Crippen LogP contribution in [0.15, 0.2) is 36.4 Å². The number of rotatable bonds is 6. The Morgan fingerprint density at radius 1 is 1.04 bits per heavy atom. The van der Waals surface area contributed by atoms with E-state index in [4.69, 9.17) is 4.74 Å². The van der Waals surface area contributed by atoms with E-state index in [1.54, 1.807) is 18.2 Å². The third kappa shape index (κ3) is 4.76. The van der Waals surface area contributed by atoms with Gasteiger partial charge in [-0.05, 0) is 62.1 Å². The van der Waals surface area contributed by atoms with Crippen LogP contribution in [-0.4, -0.2) is 11.7 Å². The second kappa shape index (κ2) is 9.28. The first kappa shape index (κ1) is 20.5. The molecule has 0 bridgehead atoms. The van der Waals surface area contributed by atoms with Crippen LogP contribution in [0.1, 0.15) is 55.2 Å². The van der Waals surface area contributed by atoms with E-state index in [-0.39, 0.29) is 29.8 Å². The third-order valence-corrected chi connectivity index (χ3v) is 5.40. The number of allylic oxidation sites excluding steroid dienone is 1. The summed E-state index contributed by atoms with van der Waals surface area (Å²) in [6.07, 6.45) is 6.88. The molecule has 0 saturated heterocycles. The average Bonchev–Trinajstić information content (AvgIpc) is 2.69. The fourth-order valence-electron chi connectivity index (χ4n) is 3.76. The van der Waals surface area contributed by atoms with Gasteiger partial charge >= 0.3 is 0 Å². The number of aromatic hydroxyl groups is 1. The van der Waals surface area contributed by atoms with E-state index < -0.39 is 17.5 Å². The molecule has 0 heterocycles. The van der Waals surface area contributed by atoms with Gasteiger partial charge < -0.3 is 9.84 Å². The maximum atomic E-state index is 14.5.